The fraction of sp³-hybridized carbons (Fsp3) is 0.500. The van der Waals surface area contributed by atoms with Crippen LogP contribution in [0.15, 0.2) is 22.7 Å². The van der Waals surface area contributed by atoms with Crippen molar-refractivity contribution in [1.29, 1.82) is 0 Å². The van der Waals surface area contributed by atoms with Gasteiger partial charge in [-0.1, -0.05) is 11.2 Å². The molecule has 1 atom stereocenters. The molecule has 1 aliphatic heterocycles. The summed E-state index contributed by atoms with van der Waals surface area (Å²) in [6.07, 6.45) is 0. The predicted molar refractivity (Wildman–Crippen MR) is 76.5 cm³/mol. The van der Waals surface area contributed by atoms with Crippen LogP contribution in [0.4, 0.5) is 0 Å². The van der Waals surface area contributed by atoms with Gasteiger partial charge in [0.1, 0.15) is 5.69 Å². The Morgan fingerprint density at radius 2 is 2.10 bits per heavy atom. The van der Waals surface area contributed by atoms with E-state index in [1.807, 2.05) is 25.1 Å². The highest BCUT2D eigenvalue weighted by molar-refractivity contribution is 5.46. The van der Waals surface area contributed by atoms with Crippen molar-refractivity contribution >= 4 is 0 Å². The van der Waals surface area contributed by atoms with Crippen LogP contribution in [0.25, 0.3) is 11.6 Å². The summed E-state index contributed by atoms with van der Waals surface area (Å²) in [5.41, 5.74) is 7.74. The zero-order chi connectivity index (χ0) is 14.7. The average Bonchev–Trinajstić information content (AvgIpc) is 2.98. The van der Waals surface area contributed by atoms with Crippen molar-refractivity contribution in [2.24, 2.45) is 5.73 Å². The summed E-state index contributed by atoms with van der Waals surface area (Å²) in [5.74, 6) is 0.922. The number of aryl methyl sites for hydroxylation is 1. The lowest BCUT2D eigenvalue weighted by Crippen LogP contribution is -2.40. The second-order valence-electron chi connectivity index (χ2n) is 5.14. The average molecular weight is 289 g/mol. The largest absolute Gasteiger partial charge is 0.379 e. The van der Waals surface area contributed by atoms with E-state index >= 15 is 0 Å². The fourth-order valence-corrected chi connectivity index (χ4v) is 2.30. The topological polar surface area (TPSA) is 90.3 Å². The van der Waals surface area contributed by atoms with Crippen molar-refractivity contribution in [1.82, 2.24) is 20.0 Å². The molecule has 2 N–H and O–H groups in total. The van der Waals surface area contributed by atoms with Crippen molar-refractivity contribution in [2.75, 3.05) is 32.8 Å². The molecule has 0 radical (unpaired) electrons. The van der Waals surface area contributed by atoms with Crippen molar-refractivity contribution in [2.45, 2.75) is 13.0 Å². The minimum atomic E-state index is -0.273. The molecular formula is C14H19N5O2. The molecule has 1 fully saturated rings. The molecule has 112 valence electrons. The SMILES string of the molecule is Cc1cccc(-c2nc(C(N)CN3CCOCC3)no2)n1. The van der Waals surface area contributed by atoms with Gasteiger partial charge in [0.2, 0.25) is 0 Å². The summed E-state index contributed by atoms with van der Waals surface area (Å²) >= 11 is 0. The number of nitrogens with two attached hydrogens (primary N) is 1. The van der Waals surface area contributed by atoms with Crippen LogP contribution in [0.2, 0.25) is 0 Å². The normalized spacial score (nSPS) is 17.8. The molecule has 0 saturated carbocycles. The van der Waals surface area contributed by atoms with E-state index < -0.39 is 0 Å². The van der Waals surface area contributed by atoms with Crippen LogP contribution in [0.5, 0.6) is 0 Å². The molecule has 2 aromatic heterocycles. The van der Waals surface area contributed by atoms with Crippen LogP contribution in [-0.2, 0) is 4.74 Å². The van der Waals surface area contributed by atoms with Gasteiger partial charge in [-0.2, -0.15) is 4.98 Å². The van der Waals surface area contributed by atoms with Crippen LogP contribution in [0, 0.1) is 6.92 Å². The summed E-state index contributed by atoms with van der Waals surface area (Å²) in [6, 6.07) is 5.41. The first-order valence-corrected chi connectivity index (χ1v) is 7.06. The molecular weight excluding hydrogens is 270 g/mol. The lowest BCUT2D eigenvalue weighted by Gasteiger charge is -2.27. The number of morpholine rings is 1. The third-order valence-corrected chi connectivity index (χ3v) is 3.44. The van der Waals surface area contributed by atoms with Crippen molar-refractivity contribution in [3.05, 3.63) is 29.7 Å². The summed E-state index contributed by atoms with van der Waals surface area (Å²) < 4.78 is 10.6. The molecule has 0 aliphatic carbocycles. The molecule has 0 spiro atoms. The van der Waals surface area contributed by atoms with Gasteiger partial charge in [0.05, 0.1) is 19.3 Å². The van der Waals surface area contributed by atoms with Gasteiger partial charge < -0.3 is 15.0 Å². The van der Waals surface area contributed by atoms with E-state index in [0.717, 1.165) is 32.0 Å². The second-order valence-corrected chi connectivity index (χ2v) is 5.14. The van der Waals surface area contributed by atoms with E-state index in [-0.39, 0.29) is 6.04 Å². The summed E-state index contributed by atoms with van der Waals surface area (Å²) in [7, 11) is 0. The number of hydrogen-bond acceptors (Lipinski definition) is 7. The Morgan fingerprint density at radius 1 is 1.29 bits per heavy atom. The smallest absolute Gasteiger partial charge is 0.276 e. The van der Waals surface area contributed by atoms with Gasteiger partial charge in [-0.3, -0.25) is 4.90 Å². The van der Waals surface area contributed by atoms with E-state index in [0.29, 0.717) is 24.0 Å². The van der Waals surface area contributed by atoms with E-state index in [9.17, 15) is 0 Å². The van der Waals surface area contributed by atoms with Crippen LogP contribution < -0.4 is 5.73 Å². The Labute approximate surface area is 123 Å². The standard InChI is InChI=1S/C14H19N5O2/c1-10-3-2-4-12(16-10)14-17-13(18-21-14)11(15)9-19-5-7-20-8-6-19/h2-4,11H,5-9,15H2,1H3. The molecule has 21 heavy (non-hydrogen) atoms. The number of rotatable bonds is 4. The molecule has 0 aromatic carbocycles. The molecule has 1 unspecified atom stereocenters. The number of hydrogen-bond donors (Lipinski definition) is 1. The van der Waals surface area contributed by atoms with Crippen molar-refractivity contribution in [3.8, 4) is 11.6 Å². The Bertz CT molecular complexity index is 595. The first-order chi connectivity index (χ1) is 10.2. The first kappa shape index (κ1) is 14.1. The Morgan fingerprint density at radius 3 is 2.86 bits per heavy atom. The van der Waals surface area contributed by atoms with Gasteiger partial charge in [0.15, 0.2) is 5.82 Å². The quantitative estimate of drug-likeness (QED) is 0.889. The van der Waals surface area contributed by atoms with Gasteiger partial charge in [-0.05, 0) is 19.1 Å². The maximum atomic E-state index is 6.16. The van der Waals surface area contributed by atoms with Gasteiger partial charge >= 0.3 is 0 Å². The van der Waals surface area contributed by atoms with E-state index in [1.54, 1.807) is 0 Å². The summed E-state index contributed by atoms with van der Waals surface area (Å²) in [5, 5.41) is 3.98. The van der Waals surface area contributed by atoms with Gasteiger partial charge in [-0.15, -0.1) is 0 Å². The van der Waals surface area contributed by atoms with Crippen LogP contribution in [0.1, 0.15) is 17.6 Å². The Kier molecular flexibility index (Phi) is 4.23. The first-order valence-electron chi connectivity index (χ1n) is 7.06. The van der Waals surface area contributed by atoms with E-state index in [4.69, 9.17) is 15.0 Å². The van der Waals surface area contributed by atoms with Gasteiger partial charge in [0, 0.05) is 25.3 Å². The second kappa shape index (κ2) is 6.30. The van der Waals surface area contributed by atoms with Crippen LogP contribution in [0.3, 0.4) is 0 Å². The lowest BCUT2D eigenvalue weighted by atomic mass is 10.2. The zero-order valence-electron chi connectivity index (χ0n) is 12.0. The highest BCUT2D eigenvalue weighted by atomic mass is 16.5. The monoisotopic (exact) mass is 289 g/mol. The number of pyridine rings is 1. The zero-order valence-corrected chi connectivity index (χ0v) is 12.0. The highest BCUT2D eigenvalue weighted by Crippen LogP contribution is 2.17. The van der Waals surface area contributed by atoms with Gasteiger partial charge in [-0.25, -0.2) is 4.98 Å². The third kappa shape index (κ3) is 3.44. The summed E-state index contributed by atoms with van der Waals surface area (Å²) in [4.78, 5) is 11.0. The molecule has 0 bridgehead atoms. The van der Waals surface area contributed by atoms with E-state index in [2.05, 4.69) is 20.0 Å². The molecule has 2 aromatic rings. The number of nitrogens with zero attached hydrogens (tertiary/aromatic N) is 4. The fourth-order valence-electron chi connectivity index (χ4n) is 2.30. The number of ether oxygens (including phenoxy) is 1. The highest BCUT2D eigenvalue weighted by Gasteiger charge is 2.20. The molecule has 3 rings (SSSR count). The minimum absolute atomic E-state index is 0.273. The van der Waals surface area contributed by atoms with Gasteiger partial charge in [0.25, 0.3) is 5.89 Å². The maximum Gasteiger partial charge on any atom is 0.276 e. The Balaban J connectivity index is 1.69. The molecule has 3 heterocycles. The molecule has 7 nitrogen and oxygen atoms in total. The maximum absolute atomic E-state index is 6.16. The van der Waals surface area contributed by atoms with Crippen LogP contribution in [-0.4, -0.2) is 52.9 Å². The van der Waals surface area contributed by atoms with Crippen molar-refractivity contribution in [3.63, 3.8) is 0 Å². The van der Waals surface area contributed by atoms with E-state index in [1.165, 1.54) is 0 Å². The number of aromatic nitrogens is 3. The van der Waals surface area contributed by atoms with Crippen LogP contribution >= 0.6 is 0 Å². The molecule has 1 saturated heterocycles. The Hall–Kier alpha value is -1.83. The predicted octanol–water partition coefficient (Wildman–Crippen LogP) is 0.772. The third-order valence-electron chi connectivity index (χ3n) is 3.44. The van der Waals surface area contributed by atoms with Crippen molar-refractivity contribution < 1.29 is 9.26 Å². The molecule has 0 amide bonds. The molecule has 7 heteroatoms. The molecule has 1 aliphatic rings. The minimum Gasteiger partial charge on any atom is -0.379 e. The lowest BCUT2D eigenvalue weighted by molar-refractivity contribution is 0.0348. The summed E-state index contributed by atoms with van der Waals surface area (Å²) in [6.45, 7) is 5.89.